The normalized spacial score (nSPS) is 24.2. The second kappa shape index (κ2) is 3.74. The van der Waals surface area contributed by atoms with Gasteiger partial charge in [0.05, 0.1) is 5.84 Å². The SMILES string of the molecule is CCC(=N)N1CCC(CC)C1. The second-order valence-electron chi connectivity index (χ2n) is 3.31. The Morgan fingerprint density at radius 3 is 2.73 bits per heavy atom. The fraction of sp³-hybridized carbons (Fsp3) is 0.889. The summed E-state index contributed by atoms with van der Waals surface area (Å²) in [6.45, 7) is 6.54. The lowest BCUT2D eigenvalue weighted by molar-refractivity contribution is 0.463. The number of hydrogen-bond acceptors (Lipinski definition) is 1. The quantitative estimate of drug-likeness (QED) is 0.478. The fourth-order valence-corrected chi connectivity index (χ4v) is 1.63. The van der Waals surface area contributed by atoms with E-state index in [1.165, 1.54) is 12.8 Å². The Labute approximate surface area is 69.1 Å². The molecular formula is C9H18N2. The zero-order valence-corrected chi connectivity index (χ0v) is 7.56. The van der Waals surface area contributed by atoms with Gasteiger partial charge in [-0.1, -0.05) is 20.3 Å². The molecule has 1 rings (SSSR count). The van der Waals surface area contributed by atoms with E-state index in [1.807, 2.05) is 0 Å². The topological polar surface area (TPSA) is 27.1 Å². The van der Waals surface area contributed by atoms with E-state index in [9.17, 15) is 0 Å². The van der Waals surface area contributed by atoms with Crippen LogP contribution in [0.1, 0.15) is 33.1 Å². The number of nitrogens with zero attached hydrogens (tertiary/aromatic N) is 1. The summed E-state index contributed by atoms with van der Waals surface area (Å²) < 4.78 is 0. The molecule has 0 bridgehead atoms. The van der Waals surface area contributed by atoms with Gasteiger partial charge in [0, 0.05) is 19.5 Å². The maximum absolute atomic E-state index is 7.63. The molecule has 0 saturated carbocycles. The first-order chi connectivity index (χ1) is 5.27. The van der Waals surface area contributed by atoms with Crippen LogP contribution in [0.4, 0.5) is 0 Å². The first-order valence-corrected chi connectivity index (χ1v) is 4.60. The molecule has 0 aromatic carbocycles. The second-order valence-corrected chi connectivity index (χ2v) is 3.31. The van der Waals surface area contributed by atoms with Gasteiger partial charge in [0.2, 0.25) is 0 Å². The van der Waals surface area contributed by atoms with E-state index in [0.717, 1.165) is 31.3 Å². The minimum absolute atomic E-state index is 0.820. The van der Waals surface area contributed by atoms with Gasteiger partial charge in [-0.25, -0.2) is 0 Å². The van der Waals surface area contributed by atoms with Crippen LogP contribution in [-0.4, -0.2) is 23.8 Å². The maximum atomic E-state index is 7.63. The molecule has 0 aromatic rings. The Bertz CT molecular complexity index is 142. The average Bonchev–Trinajstić information content (AvgIpc) is 2.50. The van der Waals surface area contributed by atoms with Crippen molar-refractivity contribution in [2.75, 3.05) is 13.1 Å². The molecule has 0 aromatic heterocycles. The summed E-state index contributed by atoms with van der Waals surface area (Å²) in [5, 5.41) is 7.63. The molecule has 1 aliphatic rings. The van der Waals surface area contributed by atoms with Gasteiger partial charge in [-0.2, -0.15) is 0 Å². The van der Waals surface area contributed by atoms with Crippen molar-refractivity contribution < 1.29 is 0 Å². The molecule has 64 valence electrons. The van der Waals surface area contributed by atoms with Crippen molar-refractivity contribution in [2.24, 2.45) is 5.92 Å². The minimum Gasteiger partial charge on any atom is -0.360 e. The lowest BCUT2D eigenvalue weighted by Crippen LogP contribution is -2.27. The smallest absolute Gasteiger partial charge is 0.0954 e. The van der Waals surface area contributed by atoms with Crippen LogP contribution in [0.3, 0.4) is 0 Å². The molecule has 0 spiro atoms. The third kappa shape index (κ3) is 1.95. The van der Waals surface area contributed by atoms with Gasteiger partial charge in [-0.15, -0.1) is 0 Å². The van der Waals surface area contributed by atoms with Crippen LogP contribution in [-0.2, 0) is 0 Å². The van der Waals surface area contributed by atoms with Crippen LogP contribution in [0.25, 0.3) is 0 Å². The Balaban J connectivity index is 2.35. The van der Waals surface area contributed by atoms with Crippen molar-refractivity contribution in [3.8, 4) is 0 Å². The summed E-state index contributed by atoms with van der Waals surface area (Å²) >= 11 is 0. The molecule has 1 aliphatic heterocycles. The van der Waals surface area contributed by atoms with Crippen molar-refractivity contribution >= 4 is 5.84 Å². The van der Waals surface area contributed by atoms with Crippen LogP contribution >= 0.6 is 0 Å². The highest BCUT2D eigenvalue weighted by atomic mass is 15.2. The Morgan fingerprint density at radius 1 is 1.55 bits per heavy atom. The third-order valence-electron chi connectivity index (χ3n) is 2.58. The molecule has 1 unspecified atom stereocenters. The standard InChI is InChI=1S/C9H18N2/c1-3-8-5-6-11(7-8)9(10)4-2/h8,10H,3-7H2,1-2H3. The molecule has 2 nitrogen and oxygen atoms in total. The van der Waals surface area contributed by atoms with Crippen molar-refractivity contribution in [2.45, 2.75) is 33.1 Å². The zero-order chi connectivity index (χ0) is 8.27. The number of likely N-dealkylation sites (tertiary alicyclic amines) is 1. The highest BCUT2D eigenvalue weighted by molar-refractivity contribution is 5.78. The van der Waals surface area contributed by atoms with E-state index >= 15 is 0 Å². The first-order valence-electron chi connectivity index (χ1n) is 4.60. The largest absolute Gasteiger partial charge is 0.360 e. The van der Waals surface area contributed by atoms with Gasteiger partial charge in [-0.05, 0) is 12.3 Å². The van der Waals surface area contributed by atoms with Gasteiger partial charge < -0.3 is 4.90 Å². The van der Waals surface area contributed by atoms with Gasteiger partial charge >= 0.3 is 0 Å². The number of rotatable bonds is 2. The van der Waals surface area contributed by atoms with E-state index in [1.54, 1.807) is 0 Å². The molecule has 0 amide bonds. The fourth-order valence-electron chi connectivity index (χ4n) is 1.63. The molecule has 2 heteroatoms. The monoisotopic (exact) mass is 154 g/mol. The molecule has 1 heterocycles. The summed E-state index contributed by atoms with van der Waals surface area (Å²) in [6.07, 6.45) is 3.45. The van der Waals surface area contributed by atoms with E-state index < -0.39 is 0 Å². The Hall–Kier alpha value is -0.530. The summed E-state index contributed by atoms with van der Waals surface area (Å²) in [5.74, 6) is 1.67. The molecule has 1 atom stereocenters. The van der Waals surface area contributed by atoms with Gasteiger partial charge in [0.15, 0.2) is 0 Å². The van der Waals surface area contributed by atoms with Crippen molar-refractivity contribution in [1.82, 2.24) is 4.90 Å². The number of amidine groups is 1. The van der Waals surface area contributed by atoms with Crippen LogP contribution in [0, 0.1) is 11.3 Å². The number of nitrogens with one attached hydrogen (secondary N) is 1. The summed E-state index contributed by atoms with van der Waals surface area (Å²) in [5.41, 5.74) is 0. The maximum Gasteiger partial charge on any atom is 0.0954 e. The first kappa shape index (κ1) is 8.57. The van der Waals surface area contributed by atoms with Crippen molar-refractivity contribution in [3.05, 3.63) is 0 Å². The highest BCUT2D eigenvalue weighted by Gasteiger charge is 2.21. The van der Waals surface area contributed by atoms with Crippen LogP contribution in [0.5, 0.6) is 0 Å². The van der Waals surface area contributed by atoms with Crippen LogP contribution in [0.15, 0.2) is 0 Å². The van der Waals surface area contributed by atoms with E-state index in [0.29, 0.717) is 0 Å². The molecule has 0 radical (unpaired) electrons. The van der Waals surface area contributed by atoms with Crippen molar-refractivity contribution in [1.29, 1.82) is 5.41 Å². The van der Waals surface area contributed by atoms with Gasteiger partial charge in [0.25, 0.3) is 0 Å². The third-order valence-corrected chi connectivity index (χ3v) is 2.58. The number of hydrogen-bond donors (Lipinski definition) is 1. The molecule has 1 fully saturated rings. The van der Waals surface area contributed by atoms with Gasteiger partial charge in [0.1, 0.15) is 0 Å². The Morgan fingerprint density at radius 2 is 2.27 bits per heavy atom. The van der Waals surface area contributed by atoms with Crippen molar-refractivity contribution in [3.63, 3.8) is 0 Å². The molecule has 0 aliphatic carbocycles. The molecular weight excluding hydrogens is 136 g/mol. The van der Waals surface area contributed by atoms with E-state index in [-0.39, 0.29) is 0 Å². The minimum atomic E-state index is 0.820. The molecule has 1 saturated heterocycles. The highest BCUT2D eigenvalue weighted by Crippen LogP contribution is 2.19. The molecule has 1 N–H and O–H groups in total. The summed E-state index contributed by atoms with van der Waals surface area (Å²) in [7, 11) is 0. The van der Waals surface area contributed by atoms with Gasteiger partial charge in [-0.3, -0.25) is 5.41 Å². The lowest BCUT2D eigenvalue weighted by Gasteiger charge is -2.17. The summed E-state index contributed by atoms with van der Waals surface area (Å²) in [6, 6.07) is 0. The predicted octanol–water partition coefficient (Wildman–Crippen LogP) is 2.11. The zero-order valence-electron chi connectivity index (χ0n) is 7.56. The molecule has 11 heavy (non-hydrogen) atoms. The Kier molecular flexibility index (Phi) is 2.92. The summed E-state index contributed by atoms with van der Waals surface area (Å²) in [4.78, 5) is 2.22. The average molecular weight is 154 g/mol. The van der Waals surface area contributed by atoms with Crippen LogP contribution in [0.2, 0.25) is 0 Å². The van der Waals surface area contributed by atoms with Crippen LogP contribution < -0.4 is 0 Å². The lowest BCUT2D eigenvalue weighted by atomic mass is 10.1. The predicted molar refractivity (Wildman–Crippen MR) is 48.0 cm³/mol. The van der Waals surface area contributed by atoms with E-state index in [2.05, 4.69) is 18.7 Å². The van der Waals surface area contributed by atoms with E-state index in [4.69, 9.17) is 5.41 Å².